The number of hydrogen-bond donors (Lipinski definition) is 2. The van der Waals surface area contributed by atoms with Gasteiger partial charge in [0.05, 0.1) is 17.3 Å². The van der Waals surface area contributed by atoms with Crippen LogP contribution in [0.2, 0.25) is 0 Å². The van der Waals surface area contributed by atoms with Crippen molar-refractivity contribution in [3.05, 3.63) is 65.0 Å². The lowest BCUT2D eigenvalue weighted by Crippen LogP contribution is -2.38. The predicted molar refractivity (Wildman–Crippen MR) is 107 cm³/mol. The monoisotopic (exact) mass is 364 g/mol. The molecule has 0 saturated carbocycles. The molecule has 4 rings (SSSR count). The summed E-state index contributed by atoms with van der Waals surface area (Å²) in [5.41, 5.74) is 5.64. The highest BCUT2D eigenvalue weighted by atomic mass is 19.1. The van der Waals surface area contributed by atoms with E-state index in [1.54, 1.807) is 12.1 Å². The van der Waals surface area contributed by atoms with Gasteiger partial charge in [-0.15, -0.1) is 0 Å². The normalized spacial score (nSPS) is 18.6. The average Bonchev–Trinajstić information content (AvgIpc) is 2.68. The molecule has 4 heteroatoms. The highest BCUT2D eigenvalue weighted by Gasteiger charge is 2.25. The number of pyridine rings is 1. The van der Waals surface area contributed by atoms with E-state index in [0.29, 0.717) is 0 Å². The highest BCUT2D eigenvalue weighted by molar-refractivity contribution is 5.88. The van der Waals surface area contributed by atoms with Crippen molar-refractivity contribution in [3.8, 4) is 11.3 Å². The lowest BCUT2D eigenvalue weighted by atomic mass is 9.90. The van der Waals surface area contributed by atoms with Crippen molar-refractivity contribution >= 4 is 10.9 Å². The second-order valence-electron chi connectivity index (χ2n) is 7.58. The van der Waals surface area contributed by atoms with Gasteiger partial charge in [-0.05, 0) is 80.8 Å². The zero-order valence-corrected chi connectivity index (χ0v) is 15.8. The Balaban J connectivity index is 1.89. The molecule has 1 saturated heterocycles. The number of aliphatic hydroxyl groups is 1. The van der Waals surface area contributed by atoms with Crippen LogP contribution in [0.4, 0.5) is 4.39 Å². The summed E-state index contributed by atoms with van der Waals surface area (Å²) in [6, 6.07) is 12.6. The van der Waals surface area contributed by atoms with Crippen LogP contribution >= 0.6 is 0 Å². The maximum Gasteiger partial charge on any atom is 0.123 e. The van der Waals surface area contributed by atoms with Gasteiger partial charge >= 0.3 is 0 Å². The molecule has 0 radical (unpaired) electrons. The van der Waals surface area contributed by atoms with Crippen molar-refractivity contribution in [2.45, 2.75) is 45.3 Å². The van der Waals surface area contributed by atoms with Crippen LogP contribution in [0, 0.1) is 19.7 Å². The van der Waals surface area contributed by atoms with Crippen LogP contribution in [0.15, 0.2) is 42.5 Å². The van der Waals surface area contributed by atoms with E-state index in [-0.39, 0.29) is 11.9 Å². The van der Waals surface area contributed by atoms with Crippen molar-refractivity contribution in [1.82, 2.24) is 10.3 Å². The van der Waals surface area contributed by atoms with E-state index in [9.17, 15) is 9.50 Å². The molecule has 0 bridgehead atoms. The Morgan fingerprint density at radius 2 is 1.89 bits per heavy atom. The van der Waals surface area contributed by atoms with Crippen LogP contribution < -0.4 is 5.32 Å². The maximum absolute atomic E-state index is 13.3. The molecular weight excluding hydrogens is 339 g/mol. The fourth-order valence-electron chi connectivity index (χ4n) is 4.08. The SMILES string of the molecule is Cc1cc(C)c2nc(-c3ccc(F)cc3)cc(C(O)C3CCCCN3)c2c1. The van der Waals surface area contributed by atoms with Crippen LogP contribution in [-0.4, -0.2) is 22.7 Å². The van der Waals surface area contributed by atoms with E-state index in [2.05, 4.69) is 24.4 Å². The smallest absolute Gasteiger partial charge is 0.123 e. The summed E-state index contributed by atoms with van der Waals surface area (Å²) < 4.78 is 13.3. The summed E-state index contributed by atoms with van der Waals surface area (Å²) in [7, 11) is 0. The van der Waals surface area contributed by atoms with E-state index in [1.807, 2.05) is 13.0 Å². The van der Waals surface area contributed by atoms with Crippen LogP contribution in [0.3, 0.4) is 0 Å². The largest absolute Gasteiger partial charge is 0.387 e. The van der Waals surface area contributed by atoms with Gasteiger partial charge in [0.2, 0.25) is 0 Å². The summed E-state index contributed by atoms with van der Waals surface area (Å²) in [4.78, 5) is 4.85. The van der Waals surface area contributed by atoms with Crippen molar-refractivity contribution < 1.29 is 9.50 Å². The molecule has 0 spiro atoms. The number of aromatic nitrogens is 1. The van der Waals surface area contributed by atoms with Crippen molar-refractivity contribution in [2.75, 3.05) is 6.54 Å². The molecule has 2 unspecified atom stereocenters. The molecule has 2 atom stereocenters. The number of nitrogens with zero attached hydrogens (tertiary/aromatic N) is 1. The van der Waals surface area contributed by atoms with Gasteiger partial charge in [0.25, 0.3) is 0 Å². The highest BCUT2D eigenvalue weighted by Crippen LogP contribution is 2.34. The Morgan fingerprint density at radius 1 is 1.11 bits per heavy atom. The molecule has 2 aromatic carbocycles. The zero-order chi connectivity index (χ0) is 19.0. The Morgan fingerprint density at radius 3 is 2.59 bits per heavy atom. The summed E-state index contributed by atoms with van der Waals surface area (Å²) in [5.74, 6) is -0.266. The molecule has 27 heavy (non-hydrogen) atoms. The molecule has 3 nitrogen and oxygen atoms in total. The Labute approximate surface area is 159 Å². The molecule has 1 aliphatic heterocycles. The van der Waals surface area contributed by atoms with Gasteiger partial charge in [-0.3, -0.25) is 0 Å². The standard InChI is InChI=1S/C23H25FN2O/c1-14-11-15(2)22-18(12-14)19(23(27)20-5-3-4-10-25-20)13-21(26-22)16-6-8-17(24)9-7-16/h6-9,11-13,20,23,25,27H,3-5,10H2,1-2H3. The molecule has 1 aliphatic rings. The van der Waals surface area contributed by atoms with Crippen LogP contribution in [0.25, 0.3) is 22.2 Å². The first-order chi connectivity index (χ1) is 13.0. The number of hydrogen-bond acceptors (Lipinski definition) is 3. The Bertz CT molecular complexity index is 962. The van der Waals surface area contributed by atoms with E-state index in [0.717, 1.165) is 64.7 Å². The quantitative estimate of drug-likeness (QED) is 0.699. The average molecular weight is 364 g/mol. The first-order valence-corrected chi connectivity index (χ1v) is 9.62. The fraction of sp³-hybridized carbons (Fsp3) is 0.348. The van der Waals surface area contributed by atoms with Gasteiger partial charge in [0.15, 0.2) is 0 Å². The van der Waals surface area contributed by atoms with Gasteiger partial charge in [-0.25, -0.2) is 9.37 Å². The van der Waals surface area contributed by atoms with Crippen molar-refractivity contribution in [3.63, 3.8) is 0 Å². The lowest BCUT2D eigenvalue weighted by molar-refractivity contribution is 0.115. The number of aliphatic hydroxyl groups excluding tert-OH is 1. The van der Waals surface area contributed by atoms with Crippen LogP contribution in [0.1, 0.15) is 42.1 Å². The topological polar surface area (TPSA) is 45.2 Å². The number of benzene rings is 2. The second kappa shape index (κ2) is 7.37. The summed E-state index contributed by atoms with van der Waals surface area (Å²) in [6.45, 7) is 5.05. The number of rotatable bonds is 3. The first kappa shape index (κ1) is 18.1. The lowest BCUT2D eigenvalue weighted by Gasteiger charge is -2.29. The number of halogens is 1. The van der Waals surface area contributed by atoms with E-state index < -0.39 is 6.10 Å². The molecule has 0 amide bonds. The van der Waals surface area contributed by atoms with Crippen molar-refractivity contribution in [1.29, 1.82) is 0 Å². The first-order valence-electron chi connectivity index (χ1n) is 9.62. The number of piperidine rings is 1. The molecule has 1 aromatic heterocycles. The number of aryl methyl sites for hydroxylation is 2. The second-order valence-corrected chi connectivity index (χ2v) is 7.58. The third-order valence-electron chi connectivity index (χ3n) is 5.47. The minimum atomic E-state index is -0.601. The fourth-order valence-corrected chi connectivity index (χ4v) is 4.08. The zero-order valence-electron chi connectivity index (χ0n) is 15.8. The Hall–Kier alpha value is -2.30. The van der Waals surface area contributed by atoms with Crippen LogP contribution in [-0.2, 0) is 0 Å². The van der Waals surface area contributed by atoms with Gasteiger partial charge in [-0.2, -0.15) is 0 Å². The minimum Gasteiger partial charge on any atom is -0.387 e. The molecule has 3 aromatic rings. The molecule has 140 valence electrons. The molecule has 2 heterocycles. The van der Waals surface area contributed by atoms with Gasteiger partial charge in [0, 0.05) is 17.0 Å². The van der Waals surface area contributed by atoms with Gasteiger partial charge < -0.3 is 10.4 Å². The van der Waals surface area contributed by atoms with E-state index >= 15 is 0 Å². The van der Waals surface area contributed by atoms with E-state index in [1.165, 1.54) is 12.1 Å². The summed E-state index contributed by atoms with van der Waals surface area (Å²) in [6.07, 6.45) is 2.64. The van der Waals surface area contributed by atoms with Gasteiger partial charge in [0.1, 0.15) is 5.82 Å². The third-order valence-corrected chi connectivity index (χ3v) is 5.47. The summed E-state index contributed by atoms with van der Waals surface area (Å²) >= 11 is 0. The summed E-state index contributed by atoms with van der Waals surface area (Å²) in [5, 5.41) is 15.6. The van der Waals surface area contributed by atoms with Crippen LogP contribution in [0.5, 0.6) is 0 Å². The number of fused-ring (bicyclic) bond motifs is 1. The van der Waals surface area contributed by atoms with Crippen molar-refractivity contribution in [2.24, 2.45) is 0 Å². The molecular formula is C23H25FN2O. The molecule has 1 fully saturated rings. The maximum atomic E-state index is 13.3. The third kappa shape index (κ3) is 3.60. The number of nitrogens with one attached hydrogen (secondary N) is 1. The van der Waals surface area contributed by atoms with E-state index in [4.69, 9.17) is 4.98 Å². The molecule has 0 aliphatic carbocycles. The van der Waals surface area contributed by atoms with Gasteiger partial charge in [-0.1, -0.05) is 18.1 Å². The Kier molecular flexibility index (Phi) is 4.94. The molecule has 2 N–H and O–H groups in total. The minimum absolute atomic E-state index is 0.0474. The predicted octanol–water partition coefficient (Wildman–Crippen LogP) is 4.83.